The van der Waals surface area contributed by atoms with Crippen LogP contribution in [0.5, 0.6) is 5.75 Å². The third kappa shape index (κ3) is 7.14. The number of aromatic nitrogens is 1. The number of nitrogens with one attached hydrogen (secondary N) is 2. The van der Waals surface area contributed by atoms with Gasteiger partial charge in [0.1, 0.15) is 17.3 Å². The van der Waals surface area contributed by atoms with Gasteiger partial charge in [0.15, 0.2) is 0 Å². The summed E-state index contributed by atoms with van der Waals surface area (Å²) in [7, 11) is 0.199. The van der Waals surface area contributed by atoms with E-state index in [4.69, 9.17) is 4.74 Å². The lowest BCUT2D eigenvalue weighted by Gasteiger charge is -2.17. The van der Waals surface area contributed by atoms with E-state index >= 15 is 0 Å². The van der Waals surface area contributed by atoms with Crippen molar-refractivity contribution in [1.29, 1.82) is 0 Å². The highest BCUT2D eigenvalue weighted by atomic mass is 32.2. The van der Waals surface area contributed by atoms with Crippen LogP contribution in [-0.2, 0) is 35.0 Å². The van der Waals surface area contributed by atoms with Crippen LogP contribution in [0.3, 0.4) is 0 Å². The average Bonchev–Trinajstić information content (AvgIpc) is 2.85. The van der Waals surface area contributed by atoms with Crippen LogP contribution in [0, 0.1) is 12.7 Å². The zero-order valence-corrected chi connectivity index (χ0v) is 21.5. The first kappa shape index (κ1) is 28.3. The molecule has 0 aliphatic heterocycles. The van der Waals surface area contributed by atoms with Crippen LogP contribution in [0.2, 0.25) is 0 Å². The van der Waals surface area contributed by atoms with Crippen LogP contribution in [0.15, 0.2) is 48.5 Å². The number of carbonyl (C=O) groups is 1. The Morgan fingerprint density at radius 2 is 1.78 bits per heavy atom. The van der Waals surface area contributed by atoms with Gasteiger partial charge < -0.3 is 10.1 Å². The van der Waals surface area contributed by atoms with E-state index in [1.807, 2.05) is 0 Å². The molecule has 0 saturated carbocycles. The number of benzene rings is 2. The van der Waals surface area contributed by atoms with E-state index in [1.165, 1.54) is 31.6 Å². The summed E-state index contributed by atoms with van der Waals surface area (Å²) in [6.45, 7) is 3.36. The van der Waals surface area contributed by atoms with E-state index < -0.39 is 40.5 Å². The topological polar surface area (TPSA) is 80.3 Å². The maximum atomic E-state index is 14.5. The molecule has 3 rings (SSSR count). The molecule has 2 unspecified atom stereocenters. The summed E-state index contributed by atoms with van der Waals surface area (Å²) in [5.41, 5.74) is 1.32. The first-order valence-corrected chi connectivity index (χ1v) is 12.8. The summed E-state index contributed by atoms with van der Waals surface area (Å²) in [6, 6.07) is 11.4. The molecule has 0 spiro atoms. The standard InChI is InChI=1S/C26H27F4N3O3S/c1-15-11-18(7-9-22(15)36-3)24-20(8-10-23(33-24)26(28,29)30)13-31-25(34)16(2)17-5-6-19(21(27)12-17)14-32-37(4)35/h5-12,16,32H,13-14H2,1-4H3,(H,31,34). The molecule has 2 aromatic carbocycles. The van der Waals surface area contributed by atoms with Crippen molar-refractivity contribution in [2.45, 2.75) is 39.0 Å². The Hall–Kier alpha value is -3.31. The monoisotopic (exact) mass is 537 g/mol. The van der Waals surface area contributed by atoms with Gasteiger partial charge in [-0.05, 0) is 60.9 Å². The van der Waals surface area contributed by atoms with Gasteiger partial charge in [-0.1, -0.05) is 18.2 Å². The second-order valence-electron chi connectivity index (χ2n) is 8.45. The molecule has 0 aliphatic carbocycles. The molecule has 0 bridgehead atoms. The zero-order valence-electron chi connectivity index (χ0n) is 20.7. The second-order valence-corrected chi connectivity index (χ2v) is 9.65. The van der Waals surface area contributed by atoms with Crippen LogP contribution >= 0.6 is 0 Å². The quantitative estimate of drug-likeness (QED) is 0.376. The number of pyridine rings is 1. The maximum absolute atomic E-state index is 14.5. The van der Waals surface area contributed by atoms with Gasteiger partial charge in [0.2, 0.25) is 5.91 Å². The largest absolute Gasteiger partial charge is 0.496 e. The van der Waals surface area contributed by atoms with Gasteiger partial charge in [0.25, 0.3) is 0 Å². The normalized spacial score (nSPS) is 13.2. The van der Waals surface area contributed by atoms with Crippen LogP contribution in [0.4, 0.5) is 17.6 Å². The van der Waals surface area contributed by atoms with Gasteiger partial charge in [0, 0.05) is 30.5 Å². The number of hydrogen-bond acceptors (Lipinski definition) is 4. The Kier molecular flexibility index (Phi) is 9.03. The van der Waals surface area contributed by atoms with Crippen LogP contribution in [-0.4, -0.2) is 28.5 Å². The Morgan fingerprint density at radius 1 is 1.08 bits per heavy atom. The van der Waals surface area contributed by atoms with Crippen molar-refractivity contribution in [3.63, 3.8) is 0 Å². The van der Waals surface area contributed by atoms with Crippen LogP contribution < -0.4 is 14.8 Å². The molecule has 6 nitrogen and oxygen atoms in total. The lowest BCUT2D eigenvalue weighted by atomic mass is 9.98. The lowest BCUT2D eigenvalue weighted by molar-refractivity contribution is -0.141. The molecule has 1 aromatic heterocycles. The fourth-order valence-corrected chi connectivity index (χ4v) is 4.07. The van der Waals surface area contributed by atoms with Crippen molar-refractivity contribution >= 4 is 16.9 Å². The number of rotatable bonds is 9. The number of ether oxygens (including phenoxy) is 1. The Balaban J connectivity index is 1.82. The molecule has 0 radical (unpaired) electrons. The fourth-order valence-electron chi connectivity index (χ4n) is 3.71. The third-order valence-electron chi connectivity index (χ3n) is 5.83. The fraction of sp³-hybridized carbons (Fsp3) is 0.308. The highest BCUT2D eigenvalue weighted by Crippen LogP contribution is 2.33. The number of halogens is 4. The molecule has 3 aromatic rings. The van der Waals surface area contributed by atoms with Crippen molar-refractivity contribution in [2.24, 2.45) is 0 Å². The first-order valence-electron chi connectivity index (χ1n) is 11.3. The molecule has 2 N–H and O–H groups in total. The van der Waals surface area contributed by atoms with E-state index in [9.17, 15) is 26.6 Å². The molecule has 0 saturated heterocycles. The predicted molar refractivity (Wildman–Crippen MR) is 134 cm³/mol. The smallest absolute Gasteiger partial charge is 0.433 e. The van der Waals surface area contributed by atoms with Gasteiger partial charge in [-0.3, -0.25) is 4.79 Å². The predicted octanol–water partition coefficient (Wildman–Crippen LogP) is 5.03. The van der Waals surface area contributed by atoms with Crippen molar-refractivity contribution in [3.8, 4) is 17.0 Å². The maximum Gasteiger partial charge on any atom is 0.433 e. The Bertz CT molecular complexity index is 1310. The van der Waals surface area contributed by atoms with Crippen LogP contribution in [0.25, 0.3) is 11.3 Å². The number of alkyl halides is 3. The van der Waals surface area contributed by atoms with Crippen molar-refractivity contribution in [1.82, 2.24) is 15.0 Å². The highest BCUT2D eigenvalue weighted by molar-refractivity contribution is 7.82. The number of amides is 1. The molecule has 198 valence electrons. The number of aryl methyl sites for hydroxylation is 1. The lowest BCUT2D eigenvalue weighted by Crippen LogP contribution is -2.28. The molecule has 1 heterocycles. The molecule has 11 heteroatoms. The molecule has 1 amide bonds. The number of methoxy groups -OCH3 is 1. The van der Waals surface area contributed by atoms with Gasteiger partial charge in [-0.25, -0.2) is 18.3 Å². The molecular weight excluding hydrogens is 510 g/mol. The average molecular weight is 538 g/mol. The van der Waals surface area contributed by atoms with Crippen molar-refractivity contribution in [2.75, 3.05) is 13.4 Å². The minimum atomic E-state index is -4.63. The van der Waals surface area contributed by atoms with E-state index in [0.717, 1.165) is 6.07 Å². The molecule has 0 aliphatic rings. The first-order chi connectivity index (χ1) is 17.4. The minimum Gasteiger partial charge on any atom is -0.496 e. The van der Waals surface area contributed by atoms with Crippen molar-refractivity contribution in [3.05, 3.63) is 82.3 Å². The summed E-state index contributed by atoms with van der Waals surface area (Å²) >= 11 is 0. The Labute approximate surface area is 215 Å². The van der Waals surface area contributed by atoms with Gasteiger partial charge in [-0.2, -0.15) is 13.2 Å². The van der Waals surface area contributed by atoms with Crippen LogP contribution in [0.1, 0.15) is 40.8 Å². The Morgan fingerprint density at radius 3 is 2.38 bits per heavy atom. The minimum absolute atomic E-state index is 0.0737. The molecule has 0 fully saturated rings. The third-order valence-corrected chi connectivity index (χ3v) is 6.38. The van der Waals surface area contributed by atoms with Crippen molar-refractivity contribution < 1.29 is 31.3 Å². The highest BCUT2D eigenvalue weighted by Gasteiger charge is 2.33. The van der Waals surface area contributed by atoms with Gasteiger partial charge in [0.05, 0.1) is 29.7 Å². The SMILES string of the molecule is COc1ccc(-c2nc(C(F)(F)F)ccc2CNC(=O)C(C)c2ccc(CNS(C)=O)c(F)c2)cc1C. The zero-order chi connectivity index (χ0) is 27.3. The van der Waals surface area contributed by atoms with E-state index in [1.54, 1.807) is 38.1 Å². The number of nitrogens with zero attached hydrogens (tertiary/aromatic N) is 1. The molecule has 2 atom stereocenters. The molecular formula is C26H27F4N3O3S. The van der Waals surface area contributed by atoms with E-state index in [0.29, 0.717) is 33.6 Å². The summed E-state index contributed by atoms with van der Waals surface area (Å²) in [4.78, 5) is 16.7. The summed E-state index contributed by atoms with van der Waals surface area (Å²) < 4.78 is 73.6. The van der Waals surface area contributed by atoms with E-state index in [2.05, 4.69) is 15.0 Å². The summed E-state index contributed by atoms with van der Waals surface area (Å²) in [6.07, 6.45) is -3.20. The van der Waals surface area contributed by atoms with E-state index in [-0.39, 0.29) is 18.8 Å². The summed E-state index contributed by atoms with van der Waals surface area (Å²) in [5.74, 6) is -1.13. The van der Waals surface area contributed by atoms with Gasteiger partial charge >= 0.3 is 6.18 Å². The number of hydrogen-bond donors (Lipinski definition) is 2. The second kappa shape index (κ2) is 11.8. The number of carbonyl (C=O) groups excluding carboxylic acids is 1. The molecule has 37 heavy (non-hydrogen) atoms. The summed E-state index contributed by atoms with van der Waals surface area (Å²) in [5, 5.41) is 2.72. The van der Waals surface area contributed by atoms with Gasteiger partial charge in [-0.15, -0.1) is 0 Å².